The first-order chi connectivity index (χ1) is 13.9. The van der Waals surface area contributed by atoms with E-state index in [0.717, 1.165) is 17.0 Å². The number of benzene rings is 2. The summed E-state index contributed by atoms with van der Waals surface area (Å²) < 4.78 is 5.35. The van der Waals surface area contributed by atoms with Gasteiger partial charge in [-0.15, -0.1) is 0 Å². The van der Waals surface area contributed by atoms with Crippen LogP contribution in [0.5, 0.6) is 5.75 Å². The van der Waals surface area contributed by atoms with Crippen molar-refractivity contribution in [1.82, 2.24) is 5.32 Å². The van der Waals surface area contributed by atoms with E-state index in [1.807, 2.05) is 32.9 Å². The van der Waals surface area contributed by atoms with Gasteiger partial charge in [-0.3, -0.25) is 14.4 Å². The molecule has 6 nitrogen and oxygen atoms in total. The predicted octanol–water partition coefficient (Wildman–Crippen LogP) is 3.96. The number of hydrogen-bond acceptors (Lipinski definition) is 4. The number of rotatable bonds is 10. The van der Waals surface area contributed by atoms with Gasteiger partial charge in [-0.2, -0.15) is 0 Å². The third kappa shape index (κ3) is 7.41. The summed E-state index contributed by atoms with van der Waals surface area (Å²) in [6.45, 7) is 6.51. The molecule has 2 rings (SSSR count). The Morgan fingerprint density at radius 1 is 0.931 bits per heavy atom. The van der Waals surface area contributed by atoms with Gasteiger partial charge < -0.3 is 15.4 Å². The number of ketones is 1. The zero-order chi connectivity index (χ0) is 21.2. The minimum atomic E-state index is -0.179. The molecule has 0 bridgehead atoms. The lowest BCUT2D eigenvalue weighted by molar-refractivity contribution is -0.121. The zero-order valence-corrected chi connectivity index (χ0v) is 17.2. The minimum absolute atomic E-state index is 0.0387. The van der Waals surface area contributed by atoms with Crippen LogP contribution in [0.4, 0.5) is 5.69 Å². The van der Waals surface area contributed by atoms with E-state index in [9.17, 15) is 14.4 Å². The molecule has 0 aliphatic carbocycles. The molecule has 0 aromatic heterocycles. The van der Waals surface area contributed by atoms with Crippen LogP contribution >= 0.6 is 0 Å². The Labute approximate surface area is 171 Å². The molecule has 6 heteroatoms. The van der Waals surface area contributed by atoms with E-state index >= 15 is 0 Å². The van der Waals surface area contributed by atoms with E-state index in [4.69, 9.17) is 4.74 Å². The van der Waals surface area contributed by atoms with Gasteiger partial charge in [0, 0.05) is 36.6 Å². The lowest BCUT2D eigenvalue weighted by Gasteiger charge is -2.09. The molecular weight excluding hydrogens is 368 g/mol. The van der Waals surface area contributed by atoms with Gasteiger partial charge in [-0.05, 0) is 48.9 Å². The normalized spacial score (nSPS) is 10.5. The Morgan fingerprint density at radius 3 is 2.17 bits per heavy atom. The van der Waals surface area contributed by atoms with Crippen molar-refractivity contribution >= 4 is 23.3 Å². The second kappa shape index (κ2) is 11.0. The van der Waals surface area contributed by atoms with E-state index in [0.29, 0.717) is 18.7 Å². The Morgan fingerprint density at radius 2 is 1.59 bits per heavy atom. The average molecular weight is 396 g/mol. The first-order valence-corrected chi connectivity index (χ1v) is 9.81. The Balaban J connectivity index is 1.75. The molecule has 2 aromatic carbocycles. The fourth-order valence-corrected chi connectivity index (χ4v) is 2.56. The molecule has 2 N–H and O–H groups in total. The van der Waals surface area contributed by atoms with E-state index in [1.165, 1.54) is 0 Å². The molecule has 0 aliphatic heterocycles. The molecule has 0 radical (unpaired) electrons. The Bertz CT molecular complexity index is 827. The highest BCUT2D eigenvalue weighted by Gasteiger charge is 2.10. The van der Waals surface area contributed by atoms with E-state index in [-0.39, 0.29) is 36.4 Å². The number of hydrogen-bond donors (Lipinski definition) is 2. The molecule has 0 aliphatic rings. The largest absolute Gasteiger partial charge is 0.494 e. The second-order valence-electron chi connectivity index (χ2n) is 7.00. The van der Waals surface area contributed by atoms with Crippen molar-refractivity contribution in [3.8, 4) is 5.75 Å². The predicted molar refractivity (Wildman–Crippen MR) is 113 cm³/mol. The molecule has 0 heterocycles. The van der Waals surface area contributed by atoms with Crippen LogP contribution in [-0.4, -0.2) is 24.2 Å². The van der Waals surface area contributed by atoms with Crippen LogP contribution in [0, 0.1) is 5.92 Å². The maximum Gasteiger partial charge on any atom is 0.226 e. The van der Waals surface area contributed by atoms with Crippen LogP contribution in [0.3, 0.4) is 0 Å². The molecule has 29 heavy (non-hydrogen) atoms. The number of anilines is 1. The number of carbonyl (C=O) groups excluding carboxylic acids is 3. The third-order valence-electron chi connectivity index (χ3n) is 4.30. The van der Waals surface area contributed by atoms with Crippen molar-refractivity contribution in [1.29, 1.82) is 0 Å². The van der Waals surface area contributed by atoms with Gasteiger partial charge in [0.1, 0.15) is 5.75 Å². The van der Waals surface area contributed by atoms with Crippen LogP contribution in [0.2, 0.25) is 0 Å². The molecule has 2 amide bonds. The quantitative estimate of drug-likeness (QED) is 0.596. The summed E-state index contributed by atoms with van der Waals surface area (Å²) in [4.78, 5) is 35.9. The fourth-order valence-electron chi connectivity index (χ4n) is 2.56. The van der Waals surface area contributed by atoms with Crippen LogP contribution < -0.4 is 15.4 Å². The average Bonchev–Trinajstić information content (AvgIpc) is 2.72. The van der Waals surface area contributed by atoms with Crippen molar-refractivity contribution in [3.05, 3.63) is 59.7 Å². The van der Waals surface area contributed by atoms with Gasteiger partial charge in [0.2, 0.25) is 11.8 Å². The summed E-state index contributed by atoms with van der Waals surface area (Å²) in [5, 5.41) is 5.63. The fraction of sp³-hybridized carbons (Fsp3) is 0.348. The molecule has 0 unspecified atom stereocenters. The van der Waals surface area contributed by atoms with E-state index in [2.05, 4.69) is 10.6 Å². The van der Waals surface area contributed by atoms with Crippen molar-refractivity contribution in [2.75, 3.05) is 11.9 Å². The van der Waals surface area contributed by atoms with Crippen molar-refractivity contribution < 1.29 is 19.1 Å². The maximum absolute atomic E-state index is 12.2. The van der Waals surface area contributed by atoms with Gasteiger partial charge in [0.15, 0.2) is 5.78 Å². The second-order valence-corrected chi connectivity index (χ2v) is 7.00. The molecule has 0 spiro atoms. The molecule has 0 atom stereocenters. The monoisotopic (exact) mass is 396 g/mol. The minimum Gasteiger partial charge on any atom is -0.494 e. The summed E-state index contributed by atoms with van der Waals surface area (Å²) in [6, 6.07) is 14.2. The summed E-state index contributed by atoms with van der Waals surface area (Å²) in [5.41, 5.74) is 2.21. The molecular formula is C23H28N2O4. The first-order valence-electron chi connectivity index (χ1n) is 9.81. The zero-order valence-electron chi connectivity index (χ0n) is 17.2. The molecule has 0 fully saturated rings. The topological polar surface area (TPSA) is 84.5 Å². The molecule has 0 saturated carbocycles. The maximum atomic E-state index is 12.2. The third-order valence-corrected chi connectivity index (χ3v) is 4.30. The highest BCUT2D eigenvalue weighted by molar-refractivity contribution is 5.98. The van der Waals surface area contributed by atoms with Crippen molar-refractivity contribution in [2.45, 2.75) is 40.2 Å². The summed E-state index contributed by atoms with van der Waals surface area (Å²) in [6.07, 6.45) is 0.286. The lowest BCUT2D eigenvalue weighted by atomic mass is 10.1. The molecule has 0 saturated heterocycles. The van der Waals surface area contributed by atoms with E-state index in [1.54, 1.807) is 36.4 Å². The number of carbonyl (C=O) groups is 3. The standard InChI is InChI=1S/C23H28N2O4/c1-4-29-20-11-7-18(8-12-20)21(26)13-14-22(27)24-15-17-5-9-19(10-6-17)25-23(28)16(2)3/h5-12,16H,4,13-15H2,1-3H3,(H,24,27)(H,25,28). The summed E-state index contributed by atoms with van der Waals surface area (Å²) in [5.74, 6) is 0.342. The van der Waals surface area contributed by atoms with Gasteiger partial charge in [0.25, 0.3) is 0 Å². The molecule has 2 aromatic rings. The highest BCUT2D eigenvalue weighted by atomic mass is 16.5. The van der Waals surface area contributed by atoms with Gasteiger partial charge in [-0.1, -0.05) is 26.0 Å². The number of ether oxygens (including phenoxy) is 1. The summed E-state index contributed by atoms with van der Waals surface area (Å²) >= 11 is 0. The van der Waals surface area contributed by atoms with Crippen LogP contribution in [0.15, 0.2) is 48.5 Å². The van der Waals surface area contributed by atoms with E-state index < -0.39 is 0 Å². The summed E-state index contributed by atoms with van der Waals surface area (Å²) in [7, 11) is 0. The number of Topliss-reactive ketones (excluding diaryl/α,β-unsaturated/α-hetero) is 1. The Kier molecular flexibility index (Phi) is 8.40. The van der Waals surface area contributed by atoms with Crippen molar-refractivity contribution in [2.24, 2.45) is 5.92 Å². The van der Waals surface area contributed by atoms with Crippen LogP contribution in [0.25, 0.3) is 0 Å². The number of amides is 2. The van der Waals surface area contributed by atoms with Gasteiger partial charge in [0.05, 0.1) is 6.61 Å². The smallest absolute Gasteiger partial charge is 0.226 e. The molecule has 154 valence electrons. The van der Waals surface area contributed by atoms with Gasteiger partial charge in [-0.25, -0.2) is 0 Å². The van der Waals surface area contributed by atoms with Crippen LogP contribution in [0.1, 0.15) is 49.5 Å². The Hall–Kier alpha value is -3.15. The van der Waals surface area contributed by atoms with Crippen LogP contribution in [-0.2, 0) is 16.1 Å². The van der Waals surface area contributed by atoms with Crippen molar-refractivity contribution in [3.63, 3.8) is 0 Å². The van der Waals surface area contributed by atoms with Gasteiger partial charge >= 0.3 is 0 Å². The first kappa shape index (κ1) is 22.1. The lowest BCUT2D eigenvalue weighted by Crippen LogP contribution is -2.23. The number of nitrogens with one attached hydrogen (secondary N) is 2. The highest BCUT2D eigenvalue weighted by Crippen LogP contribution is 2.14. The SMILES string of the molecule is CCOc1ccc(C(=O)CCC(=O)NCc2ccc(NC(=O)C(C)C)cc2)cc1.